The number of rotatable bonds is 6. The van der Waals surface area contributed by atoms with Crippen LogP contribution in [0.15, 0.2) is 42.5 Å². The number of carbonyl (C=O) groups is 2. The summed E-state index contributed by atoms with van der Waals surface area (Å²) in [4.78, 5) is 26.7. The Kier molecular flexibility index (Phi) is 6.64. The van der Waals surface area contributed by atoms with E-state index in [4.69, 9.17) is 9.47 Å². The maximum absolute atomic E-state index is 13.0. The van der Waals surface area contributed by atoms with Crippen molar-refractivity contribution < 1.29 is 23.5 Å². The number of hydrogen-bond acceptors (Lipinski definition) is 5. The normalized spacial score (nSPS) is 18.4. The highest BCUT2D eigenvalue weighted by Crippen LogP contribution is 2.43. The van der Waals surface area contributed by atoms with E-state index < -0.39 is 6.04 Å². The van der Waals surface area contributed by atoms with Gasteiger partial charge in [-0.25, -0.2) is 4.39 Å². The second-order valence-corrected chi connectivity index (χ2v) is 7.70. The number of hydrogen-bond donors (Lipinski definition) is 1. The molecule has 0 radical (unpaired) electrons. The molecule has 6 nitrogen and oxygen atoms in total. The topological polar surface area (TPSA) is 67.9 Å². The van der Waals surface area contributed by atoms with Crippen molar-refractivity contribution in [3.05, 3.63) is 59.4 Å². The summed E-state index contributed by atoms with van der Waals surface area (Å²) in [6.07, 6.45) is 0. The molecule has 1 aliphatic heterocycles. The molecule has 1 fully saturated rings. The number of carbonyl (C=O) groups excluding carboxylic acids is 2. The van der Waals surface area contributed by atoms with Gasteiger partial charge in [-0.05, 0) is 35.4 Å². The zero-order valence-corrected chi connectivity index (χ0v) is 17.3. The molecule has 1 N–H and O–H groups in total. The molecule has 0 aromatic heterocycles. The van der Waals surface area contributed by atoms with Crippen molar-refractivity contribution in [3.63, 3.8) is 0 Å². The summed E-state index contributed by atoms with van der Waals surface area (Å²) in [7, 11) is 3.11. The fourth-order valence-electron chi connectivity index (χ4n) is 3.27. The van der Waals surface area contributed by atoms with Gasteiger partial charge in [-0.15, -0.1) is 11.8 Å². The van der Waals surface area contributed by atoms with E-state index in [0.717, 1.165) is 11.1 Å². The number of halogens is 1. The van der Waals surface area contributed by atoms with Gasteiger partial charge in [-0.1, -0.05) is 18.2 Å². The molecular formula is C21H23FN2O4S. The lowest BCUT2D eigenvalue weighted by atomic mass is 10.1. The van der Waals surface area contributed by atoms with Gasteiger partial charge < -0.3 is 19.7 Å². The van der Waals surface area contributed by atoms with Crippen LogP contribution in [-0.2, 0) is 16.1 Å². The quantitative estimate of drug-likeness (QED) is 0.781. The zero-order valence-electron chi connectivity index (χ0n) is 16.5. The van der Waals surface area contributed by atoms with Crippen LogP contribution in [0, 0.1) is 5.82 Å². The summed E-state index contributed by atoms with van der Waals surface area (Å²) in [5.74, 6) is 0.901. The number of nitrogens with one attached hydrogen (secondary N) is 1. The molecule has 0 spiro atoms. The lowest BCUT2D eigenvalue weighted by molar-refractivity contribution is -0.138. The third-order valence-corrected chi connectivity index (χ3v) is 6.06. The van der Waals surface area contributed by atoms with Crippen molar-refractivity contribution in [2.24, 2.45) is 0 Å². The molecule has 2 amide bonds. The first kappa shape index (κ1) is 21.0. The summed E-state index contributed by atoms with van der Waals surface area (Å²) in [6.45, 7) is 1.73. The molecule has 2 aromatic carbocycles. The Bertz CT molecular complexity index is 891. The Morgan fingerprint density at radius 1 is 1.14 bits per heavy atom. The Morgan fingerprint density at radius 2 is 1.83 bits per heavy atom. The van der Waals surface area contributed by atoms with Crippen LogP contribution in [0.25, 0.3) is 0 Å². The maximum atomic E-state index is 13.0. The van der Waals surface area contributed by atoms with Gasteiger partial charge >= 0.3 is 0 Å². The van der Waals surface area contributed by atoms with Gasteiger partial charge in [0, 0.05) is 19.2 Å². The van der Waals surface area contributed by atoms with E-state index in [2.05, 4.69) is 5.32 Å². The summed E-state index contributed by atoms with van der Waals surface area (Å²) in [5, 5.41) is 2.55. The minimum atomic E-state index is -0.587. The average Bonchev–Trinajstić information content (AvgIpc) is 3.18. The predicted octanol–water partition coefficient (Wildman–Crippen LogP) is 3.12. The largest absolute Gasteiger partial charge is 0.493 e. The van der Waals surface area contributed by atoms with Gasteiger partial charge in [-0.3, -0.25) is 9.59 Å². The molecule has 1 heterocycles. The van der Waals surface area contributed by atoms with Crippen LogP contribution in [0.3, 0.4) is 0 Å². The van der Waals surface area contributed by atoms with E-state index in [1.54, 1.807) is 37.3 Å². The van der Waals surface area contributed by atoms with Crippen LogP contribution in [0.5, 0.6) is 11.5 Å². The molecule has 154 valence electrons. The van der Waals surface area contributed by atoms with Crippen molar-refractivity contribution in [1.82, 2.24) is 10.2 Å². The van der Waals surface area contributed by atoms with Gasteiger partial charge in [0.1, 0.15) is 17.2 Å². The summed E-state index contributed by atoms with van der Waals surface area (Å²) < 4.78 is 23.7. The Labute approximate surface area is 173 Å². The number of methoxy groups -OCH3 is 2. The van der Waals surface area contributed by atoms with Gasteiger partial charge in [0.15, 0.2) is 11.5 Å². The Morgan fingerprint density at radius 3 is 2.45 bits per heavy atom. The summed E-state index contributed by atoms with van der Waals surface area (Å²) >= 11 is 1.52. The second-order valence-electron chi connectivity index (χ2n) is 6.59. The van der Waals surface area contributed by atoms with Crippen LogP contribution >= 0.6 is 11.8 Å². The van der Waals surface area contributed by atoms with Gasteiger partial charge in [0.2, 0.25) is 11.8 Å². The second kappa shape index (κ2) is 9.17. The van der Waals surface area contributed by atoms with E-state index in [9.17, 15) is 14.0 Å². The minimum Gasteiger partial charge on any atom is -0.493 e. The van der Waals surface area contributed by atoms with Crippen molar-refractivity contribution in [3.8, 4) is 11.5 Å². The average molecular weight is 418 g/mol. The van der Waals surface area contributed by atoms with Crippen LogP contribution in [-0.4, -0.2) is 42.7 Å². The van der Waals surface area contributed by atoms with Crippen molar-refractivity contribution in [1.29, 1.82) is 0 Å². The lowest BCUT2D eigenvalue weighted by Gasteiger charge is -2.28. The number of nitrogens with zero attached hydrogens (tertiary/aromatic N) is 1. The zero-order chi connectivity index (χ0) is 21.0. The molecule has 1 aliphatic rings. The van der Waals surface area contributed by atoms with Crippen LogP contribution in [0.4, 0.5) is 4.39 Å². The fourth-order valence-corrected chi connectivity index (χ4v) is 4.74. The van der Waals surface area contributed by atoms with E-state index in [-0.39, 0.29) is 29.6 Å². The molecular weight excluding hydrogens is 395 g/mol. The number of ether oxygens (including phenoxy) is 2. The fraction of sp³-hybridized carbons (Fsp3) is 0.333. The third kappa shape index (κ3) is 4.64. The highest BCUT2D eigenvalue weighted by molar-refractivity contribution is 7.99. The first-order chi connectivity index (χ1) is 13.9. The van der Waals surface area contributed by atoms with Crippen LogP contribution < -0.4 is 14.8 Å². The Balaban J connectivity index is 1.75. The molecule has 0 aliphatic carbocycles. The molecule has 0 bridgehead atoms. The van der Waals surface area contributed by atoms with Crippen LogP contribution in [0.1, 0.15) is 23.4 Å². The molecule has 8 heteroatoms. The molecule has 2 aromatic rings. The van der Waals surface area contributed by atoms with Gasteiger partial charge in [-0.2, -0.15) is 0 Å². The van der Waals surface area contributed by atoms with Crippen molar-refractivity contribution in [2.75, 3.05) is 20.0 Å². The van der Waals surface area contributed by atoms with E-state index >= 15 is 0 Å². The molecule has 0 unspecified atom stereocenters. The van der Waals surface area contributed by atoms with E-state index in [1.807, 2.05) is 12.1 Å². The predicted molar refractivity (Wildman–Crippen MR) is 109 cm³/mol. The first-order valence-corrected chi connectivity index (χ1v) is 10.1. The molecule has 0 saturated carbocycles. The third-order valence-electron chi connectivity index (χ3n) is 4.74. The highest BCUT2D eigenvalue weighted by atomic mass is 32.2. The molecule has 3 rings (SSSR count). The standard InChI is InChI=1S/C21H23FN2O4S/c1-13(25)24-17(20(26)23-11-14-4-7-16(22)8-5-14)12-29-21(24)15-6-9-18(27-2)19(10-15)28-3/h4-10,17,21H,11-12H2,1-3H3,(H,23,26)/t17-,21-/m1/s1. The van der Waals surface area contributed by atoms with E-state index in [0.29, 0.717) is 17.3 Å². The molecule has 29 heavy (non-hydrogen) atoms. The monoisotopic (exact) mass is 418 g/mol. The number of amides is 2. The summed E-state index contributed by atoms with van der Waals surface area (Å²) in [5.41, 5.74) is 1.65. The molecule has 1 saturated heterocycles. The smallest absolute Gasteiger partial charge is 0.243 e. The highest BCUT2D eigenvalue weighted by Gasteiger charge is 2.41. The first-order valence-electron chi connectivity index (χ1n) is 9.09. The minimum absolute atomic E-state index is 0.184. The van der Waals surface area contributed by atoms with Gasteiger partial charge in [0.05, 0.1) is 14.2 Å². The number of thioether (sulfide) groups is 1. The van der Waals surface area contributed by atoms with E-state index in [1.165, 1.54) is 30.8 Å². The lowest BCUT2D eigenvalue weighted by Crippen LogP contribution is -2.47. The van der Waals surface area contributed by atoms with Crippen LogP contribution in [0.2, 0.25) is 0 Å². The van der Waals surface area contributed by atoms with Gasteiger partial charge in [0.25, 0.3) is 0 Å². The summed E-state index contributed by atoms with van der Waals surface area (Å²) in [6, 6.07) is 10.8. The van der Waals surface area contributed by atoms with Crippen molar-refractivity contribution >= 4 is 23.6 Å². The molecule has 2 atom stereocenters. The maximum Gasteiger partial charge on any atom is 0.243 e. The number of benzene rings is 2. The Hall–Kier alpha value is -2.74. The van der Waals surface area contributed by atoms with Crippen molar-refractivity contribution in [2.45, 2.75) is 24.9 Å². The SMILES string of the molecule is COc1ccc([C@H]2SC[C@H](C(=O)NCc3ccc(F)cc3)N2C(C)=O)cc1OC.